The molecule has 0 amide bonds. The third kappa shape index (κ3) is 4.86. The van der Waals surface area contributed by atoms with Gasteiger partial charge in [0, 0.05) is 0 Å². The minimum Gasteiger partial charge on any atom is -0.317 e. The highest BCUT2D eigenvalue weighted by Gasteiger charge is 2.21. The first kappa shape index (κ1) is 14.0. The quantitative estimate of drug-likeness (QED) is 0.678. The van der Waals surface area contributed by atoms with Crippen LogP contribution in [0.1, 0.15) is 72.1 Å². The number of hydrogen-bond acceptors (Lipinski definition) is 1. The Morgan fingerprint density at radius 2 is 1.81 bits per heavy atom. The largest absolute Gasteiger partial charge is 0.317 e. The highest BCUT2D eigenvalue weighted by atomic mass is 14.9. The van der Waals surface area contributed by atoms with Gasteiger partial charge in [-0.25, -0.2) is 0 Å². The van der Waals surface area contributed by atoms with E-state index >= 15 is 0 Å². The Balaban J connectivity index is 2.16. The Morgan fingerprint density at radius 3 is 2.38 bits per heavy atom. The van der Waals surface area contributed by atoms with E-state index in [-0.39, 0.29) is 0 Å². The van der Waals surface area contributed by atoms with Crippen LogP contribution < -0.4 is 5.32 Å². The summed E-state index contributed by atoms with van der Waals surface area (Å²) in [5.74, 6) is 1.02. The fourth-order valence-corrected chi connectivity index (χ4v) is 3.07. The third-order valence-electron chi connectivity index (χ3n) is 4.56. The Hall–Kier alpha value is -0.0400. The van der Waals surface area contributed by atoms with Gasteiger partial charge in [-0.05, 0) is 50.1 Å². The summed E-state index contributed by atoms with van der Waals surface area (Å²) in [6.45, 7) is 9.68. The van der Waals surface area contributed by atoms with Crippen LogP contribution in [-0.2, 0) is 0 Å². The molecule has 1 fully saturated rings. The SMILES string of the molecule is CCC[C@](C)(CC)CCCC1CCNCC1. The van der Waals surface area contributed by atoms with Crippen LogP contribution in [0.15, 0.2) is 0 Å². The number of rotatable bonds is 7. The van der Waals surface area contributed by atoms with Gasteiger partial charge < -0.3 is 5.32 Å². The minimum absolute atomic E-state index is 0.627. The summed E-state index contributed by atoms with van der Waals surface area (Å²) in [4.78, 5) is 0. The molecule has 1 N–H and O–H groups in total. The zero-order valence-electron chi connectivity index (χ0n) is 11.6. The van der Waals surface area contributed by atoms with E-state index in [4.69, 9.17) is 0 Å². The van der Waals surface area contributed by atoms with Crippen LogP contribution in [0.3, 0.4) is 0 Å². The minimum atomic E-state index is 0.627. The van der Waals surface area contributed by atoms with Crippen molar-refractivity contribution in [2.75, 3.05) is 13.1 Å². The Morgan fingerprint density at radius 1 is 1.12 bits per heavy atom. The zero-order valence-corrected chi connectivity index (χ0v) is 11.6. The third-order valence-corrected chi connectivity index (χ3v) is 4.56. The summed E-state index contributed by atoms with van der Waals surface area (Å²) >= 11 is 0. The lowest BCUT2D eigenvalue weighted by atomic mass is 9.77. The van der Waals surface area contributed by atoms with Crippen molar-refractivity contribution in [1.82, 2.24) is 5.32 Å². The van der Waals surface area contributed by atoms with Crippen molar-refractivity contribution in [2.24, 2.45) is 11.3 Å². The molecule has 1 saturated heterocycles. The van der Waals surface area contributed by atoms with E-state index in [0.717, 1.165) is 5.92 Å². The van der Waals surface area contributed by atoms with Crippen molar-refractivity contribution in [1.29, 1.82) is 0 Å². The molecule has 0 aromatic rings. The standard InChI is InChI=1S/C15H31N/c1-4-10-15(3,5-2)11-6-7-14-8-12-16-13-9-14/h14,16H,4-13H2,1-3H3/t15-/m0/s1. The lowest BCUT2D eigenvalue weighted by Gasteiger charge is -2.29. The van der Waals surface area contributed by atoms with Crippen molar-refractivity contribution in [3.63, 3.8) is 0 Å². The first-order valence-electron chi connectivity index (χ1n) is 7.41. The Labute approximate surface area is 102 Å². The predicted octanol–water partition coefficient (Wildman–Crippen LogP) is 4.37. The van der Waals surface area contributed by atoms with E-state index < -0.39 is 0 Å². The van der Waals surface area contributed by atoms with E-state index in [1.807, 2.05) is 0 Å². The lowest BCUT2D eigenvalue weighted by Crippen LogP contribution is -2.27. The molecule has 0 bridgehead atoms. The summed E-state index contributed by atoms with van der Waals surface area (Å²) in [5.41, 5.74) is 0.627. The molecular formula is C15H31N. The molecule has 1 nitrogen and oxygen atoms in total. The van der Waals surface area contributed by atoms with Crippen molar-refractivity contribution < 1.29 is 0 Å². The first-order chi connectivity index (χ1) is 7.70. The molecule has 1 heteroatoms. The summed E-state index contributed by atoms with van der Waals surface area (Å²) < 4.78 is 0. The van der Waals surface area contributed by atoms with Gasteiger partial charge in [0.1, 0.15) is 0 Å². The van der Waals surface area contributed by atoms with Crippen molar-refractivity contribution >= 4 is 0 Å². The molecule has 16 heavy (non-hydrogen) atoms. The van der Waals surface area contributed by atoms with Crippen LogP contribution >= 0.6 is 0 Å². The fraction of sp³-hybridized carbons (Fsp3) is 1.00. The predicted molar refractivity (Wildman–Crippen MR) is 72.8 cm³/mol. The highest BCUT2D eigenvalue weighted by molar-refractivity contribution is 4.74. The molecule has 0 saturated carbocycles. The molecule has 1 rings (SSSR count). The molecule has 1 heterocycles. The van der Waals surface area contributed by atoms with E-state index in [2.05, 4.69) is 26.1 Å². The maximum atomic E-state index is 3.45. The monoisotopic (exact) mass is 225 g/mol. The van der Waals surface area contributed by atoms with E-state index in [1.165, 1.54) is 64.5 Å². The maximum Gasteiger partial charge on any atom is -0.00463 e. The second-order valence-corrected chi connectivity index (χ2v) is 6.00. The van der Waals surface area contributed by atoms with E-state index in [0.29, 0.717) is 5.41 Å². The van der Waals surface area contributed by atoms with Crippen LogP contribution in [0.2, 0.25) is 0 Å². The average molecular weight is 225 g/mol. The number of piperidine rings is 1. The van der Waals surface area contributed by atoms with Gasteiger partial charge in [-0.1, -0.05) is 46.5 Å². The zero-order chi connectivity index (χ0) is 11.9. The smallest absolute Gasteiger partial charge is 0.00463 e. The van der Waals surface area contributed by atoms with Crippen molar-refractivity contribution in [3.8, 4) is 0 Å². The highest BCUT2D eigenvalue weighted by Crippen LogP contribution is 2.34. The van der Waals surface area contributed by atoms with Crippen LogP contribution in [0.4, 0.5) is 0 Å². The molecule has 0 unspecified atom stereocenters. The number of hydrogen-bond donors (Lipinski definition) is 1. The van der Waals surface area contributed by atoms with Crippen molar-refractivity contribution in [2.45, 2.75) is 72.1 Å². The fourth-order valence-electron chi connectivity index (χ4n) is 3.07. The summed E-state index contributed by atoms with van der Waals surface area (Å²) in [5, 5.41) is 3.45. The van der Waals surface area contributed by atoms with Gasteiger partial charge in [-0.3, -0.25) is 0 Å². The molecular weight excluding hydrogens is 194 g/mol. The molecule has 96 valence electrons. The molecule has 0 aromatic heterocycles. The Kier molecular flexibility index (Phi) is 6.41. The first-order valence-corrected chi connectivity index (χ1v) is 7.41. The molecule has 1 aliphatic heterocycles. The Bertz CT molecular complexity index is 172. The molecule has 0 spiro atoms. The van der Waals surface area contributed by atoms with Crippen LogP contribution in [0.5, 0.6) is 0 Å². The van der Waals surface area contributed by atoms with E-state index in [1.54, 1.807) is 0 Å². The average Bonchev–Trinajstić information content (AvgIpc) is 2.31. The summed E-state index contributed by atoms with van der Waals surface area (Å²) in [6, 6.07) is 0. The van der Waals surface area contributed by atoms with Gasteiger partial charge in [-0.15, -0.1) is 0 Å². The van der Waals surface area contributed by atoms with Gasteiger partial charge in [0.05, 0.1) is 0 Å². The van der Waals surface area contributed by atoms with Gasteiger partial charge in [0.2, 0.25) is 0 Å². The second-order valence-electron chi connectivity index (χ2n) is 6.00. The van der Waals surface area contributed by atoms with Crippen LogP contribution in [0, 0.1) is 11.3 Å². The second kappa shape index (κ2) is 7.32. The summed E-state index contributed by atoms with van der Waals surface area (Å²) in [7, 11) is 0. The van der Waals surface area contributed by atoms with E-state index in [9.17, 15) is 0 Å². The van der Waals surface area contributed by atoms with Gasteiger partial charge in [-0.2, -0.15) is 0 Å². The van der Waals surface area contributed by atoms with Gasteiger partial charge in [0.25, 0.3) is 0 Å². The molecule has 0 aromatic carbocycles. The van der Waals surface area contributed by atoms with Crippen LogP contribution in [0.25, 0.3) is 0 Å². The van der Waals surface area contributed by atoms with Crippen molar-refractivity contribution in [3.05, 3.63) is 0 Å². The number of nitrogens with one attached hydrogen (secondary N) is 1. The maximum absolute atomic E-state index is 3.45. The summed E-state index contributed by atoms with van der Waals surface area (Å²) in [6.07, 6.45) is 11.3. The lowest BCUT2D eigenvalue weighted by molar-refractivity contribution is 0.234. The normalized spacial score (nSPS) is 21.9. The topological polar surface area (TPSA) is 12.0 Å². The molecule has 1 atom stereocenters. The molecule has 0 aliphatic carbocycles. The van der Waals surface area contributed by atoms with Crippen LogP contribution in [-0.4, -0.2) is 13.1 Å². The molecule has 1 aliphatic rings. The van der Waals surface area contributed by atoms with Gasteiger partial charge >= 0.3 is 0 Å². The van der Waals surface area contributed by atoms with Gasteiger partial charge in [0.15, 0.2) is 0 Å². The molecule has 0 radical (unpaired) electrons.